The summed E-state index contributed by atoms with van der Waals surface area (Å²) in [7, 11) is 0. The van der Waals surface area contributed by atoms with Crippen LogP contribution in [0.1, 0.15) is 28.8 Å². The highest BCUT2D eigenvalue weighted by atomic mass is 32.2. The number of hydrogen-bond acceptors (Lipinski definition) is 5. The number of nitrogens with one attached hydrogen (secondary N) is 1. The molecule has 0 spiro atoms. The highest BCUT2D eigenvalue weighted by Gasteiger charge is 2.34. The summed E-state index contributed by atoms with van der Waals surface area (Å²) in [5.41, 5.74) is 1.23. The first-order valence-corrected chi connectivity index (χ1v) is 9.69. The number of carbonyl (C=O) groups excluding carboxylic acids is 1. The molecular weight excluding hydrogens is 344 g/mol. The van der Waals surface area contributed by atoms with Gasteiger partial charge in [-0.25, -0.2) is 0 Å². The first kappa shape index (κ1) is 17.1. The van der Waals surface area contributed by atoms with Gasteiger partial charge in [-0.1, -0.05) is 11.8 Å². The standard InChI is InChI=1S/C20H20N4OS/c21-10-14-9-18(12-22-11-14)26-17-3-1-16(2-4-17)20(25)23-19-13-24-7-5-15(19)6-8-24/h1-4,9,11-12,15,19H,5-8,13H2,(H,23,25). The molecule has 5 nitrogen and oxygen atoms in total. The third kappa shape index (κ3) is 3.74. The third-order valence-electron chi connectivity index (χ3n) is 5.17. The number of rotatable bonds is 4. The van der Waals surface area contributed by atoms with Crippen LogP contribution >= 0.6 is 11.8 Å². The number of carbonyl (C=O) groups is 1. The molecule has 2 aromatic rings. The predicted octanol–water partition coefficient (Wildman–Crippen LogP) is 2.93. The molecule has 4 heterocycles. The zero-order chi connectivity index (χ0) is 17.9. The van der Waals surface area contributed by atoms with Crippen molar-refractivity contribution in [3.63, 3.8) is 0 Å². The van der Waals surface area contributed by atoms with Gasteiger partial charge in [0.25, 0.3) is 5.91 Å². The molecule has 1 aromatic carbocycles. The van der Waals surface area contributed by atoms with Crippen LogP contribution in [0.2, 0.25) is 0 Å². The molecule has 6 heteroatoms. The van der Waals surface area contributed by atoms with E-state index in [0.29, 0.717) is 17.0 Å². The van der Waals surface area contributed by atoms with E-state index in [0.717, 1.165) is 16.3 Å². The Morgan fingerprint density at radius 2 is 1.96 bits per heavy atom. The van der Waals surface area contributed by atoms with Crippen molar-refractivity contribution in [2.75, 3.05) is 19.6 Å². The molecule has 1 unspecified atom stereocenters. The monoisotopic (exact) mass is 364 g/mol. The fourth-order valence-corrected chi connectivity index (χ4v) is 4.57. The van der Waals surface area contributed by atoms with E-state index < -0.39 is 0 Å². The van der Waals surface area contributed by atoms with Crippen molar-refractivity contribution >= 4 is 17.7 Å². The zero-order valence-electron chi connectivity index (χ0n) is 14.4. The van der Waals surface area contributed by atoms with E-state index in [1.54, 1.807) is 12.4 Å². The van der Waals surface area contributed by atoms with Gasteiger partial charge in [0.15, 0.2) is 0 Å². The van der Waals surface area contributed by atoms with Crippen LogP contribution in [-0.4, -0.2) is 41.5 Å². The highest BCUT2D eigenvalue weighted by molar-refractivity contribution is 7.99. The Hall–Kier alpha value is -2.36. The lowest BCUT2D eigenvalue weighted by atomic mass is 9.84. The average molecular weight is 364 g/mol. The summed E-state index contributed by atoms with van der Waals surface area (Å²) in [4.78, 5) is 21.0. The zero-order valence-corrected chi connectivity index (χ0v) is 15.2. The molecule has 0 aliphatic carbocycles. The van der Waals surface area contributed by atoms with E-state index in [1.807, 2.05) is 30.3 Å². The Bertz CT molecular complexity index is 838. The second kappa shape index (κ2) is 7.48. The number of piperidine rings is 3. The first-order valence-electron chi connectivity index (χ1n) is 8.87. The average Bonchev–Trinajstić information content (AvgIpc) is 2.69. The Kier molecular flexibility index (Phi) is 4.91. The molecule has 0 saturated carbocycles. The fourth-order valence-electron chi connectivity index (χ4n) is 3.73. The van der Waals surface area contributed by atoms with Crippen molar-refractivity contribution in [1.29, 1.82) is 5.26 Å². The molecule has 26 heavy (non-hydrogen) atoms. The molecule has 1 aromatic heterocycles. The molecular formula is C20H20N4OS. The van der Waals surface area contributed by atoms with Gasteiger partial charge < -0.3 is 10.2 Å². The van der Waals surface area contributed by atoms with E-state index in [1.165, 1.54) is 37.7 Å². The lowest BCUT2D eigenvalue weighted by Crippen LogP contribution is -2.57. The van der Waals surface area contributed by atoms with Gasteiger partial charge in [0.05, 0.1) is 5.56 Å². The highest BCUT2D eigenvalue weighted by Crippen LogP contribution is 2.29. The number of aromatic nitrogens is 1. The van der Waals surface area contributed by atoms with Gasteiger partial charge in [0.2, 0.25) is 0 Å². The molecule has 1 N–H and O–H groups in total. The van der Waals surface area contributed by atoms with Gasteiger partial charge in [0, 0.05) is 40.3 Å². The molecule has 3 fully saturated rings. The van der Waals surface area contributed by atoms with Crippen LogP contribution in [0, 0.1) is 17.2 Å². The normalized spacial score (nSPS) is 24.0. The van der Waals surface area contributed by atoms with E-state index in [2.05, 4.69) is 21.3 Å². The van der Waals surface area contributed by atoms with Crippen LogP contribution in [0.25, 0.3) is 0 Å². The molecule has 3 aliphatic rings. The van der Waals surface area contributed by atoms with Crippen LogP contribution in [0.3, 0.4) is 0 Å². The summed E-state index contributed by atoms with van der Waals surface area (Å²) in [6.07, 6.45) is 5.66. The fraction of sp³-hybridized carbons (Fsp3) is 0.350. The van der Waals surface area contributed by atoms with Crippen LogP contribution < -0.4 is 5.32 Å². The number of benzene rings is 1. The van der Waals surface area contributed by atoms with Crippen molar-refractivity contribution in [1.82, 2.24) is 15.2 Å². The van der Waals surface area contributed by atoms with Crippen molar-refractivity contribution < 1.29 is 4.79 Å². The molecule has 1 atom stereocenters. The summed E-state index contributed by atoms with van der Waals surface area (Å²) in [5.74, 6) is 0.632. The molecule has 1 amide bonds. The Labute approximate surface area is 157 Å². The lowest BCUT2D eigenvalue weighted by molar-refractivity contribution is 0.0620. The van der Waals surface area contributed by atoms with Crippen molar-refractivity contribution in [2.24, 2.45) is 5.92 Å². The quantitative estimate of drug-likeness (QED) is 0.903. The molecule has 5 rings (SSSR count). The number of pyridine rings is 1. The maximum absolute atomic E-state index is 12.6. The van der Waals surface area contributed by atoms with Crippen LogP contribution in [0.4, 0.5) is 0 Å². The van der Waals surface area contributed by atoms with Gasteiger partial charge in [-0.3, -0.25) is 9.78 Å². The number of hydrogen-bond donors (Lipinski definition) is 1. The SMILES string of the molecule is N#Cc1cncc(Sc2ccc(C(=O)NC3CN4CCC3CC4)cc2)c1. The minimum absolute atomic E-state index is 0.00782. The van der Waals surface area contributed by atoms with E-state index >= 15 is 0 Å². The van der Waals surface area contributed by atoms with E-state index in [4.69, 9.17) is 5.26 Å². The van der Waals surface area contributed by atoms with Crippen LogP contribution in [0.5, 0.6) is 0 Å². The van der Waals surface area contributed by atoms with E-state index in [9.17, 15) is 4.79 Å². The summed E-state index contributed by atoms with van der Waals surface area (Å²) in [5, 5.41) is 12.2. The van der Waals surface area contributed by atoms with Crippen LogP contribution in [0.15, 0.2) is 52.5 Å². The second-order valence-corrected chi connectivity index (χ2v) is 8.01. The van der Waals surface area contributed by atoms with Crippen molar-refractivity contribution in [2.45, 2.75) is 28.7 Å². The van der Waals surface area contributed by atoms with Gasteiger partial charge in [0.1, 0.15) is 6.07 Å². The summed E-state index contributed by atoms with van der Waals surface area (Å²) in [6.45, 7) is 3.32. The van der Waals surface area contributed by atoms with Gasteiger partial charge in [-0.15, -0.1) is 0 Å². The maximum Gasteiger partial charge on any atom is 0.251 e. The molecule has 0 radical (unpaired) electrons. The molecule has 132 valence electrons. The minimum atomic E-state index is 0.00782. The topological polar surface area (TPSA) is 69.0 Å². The maximum atomic E-state index is 12.6. The van der Waals surface area contributed by atoms with Gasteiger partial charge >= 0.3 is 0 Å². The molecule has 3 saturated heterocycles. The van der Waals surface area contributed by atoms with Crippen molar-refractivity contribution in [3.05, 3.63) is 53.9 Å². The van der Waals surface area contributed by atoms with Crippen LogP contribution in [-0.2, 0) is 0 Å². The largest absolute Gasteiger partial charge is 0.348 e. The van der Waals surface area contributed by atoms with Crippen molar-refractivity contribution in [3.8, 4) is 6.07 Å². The first-order chi connectivity index (χ1) is 12.7. The second-order valence-electron chi connectivity index (χ2n) is 6.87. The Morgan fingerprint density at radius 3 is 2.62 bits per heavy atom. The number of amides is 1. The van der Waals surface area contributed by atoms with E-state index in [-0.39, 0.29) is 11.9 Å². The smallest absolute Gasteiger partial charge is 0.251 e. The molecule has 3 aliphatic heterocycles. The van der Waals surface area contributed by atoms with Gasteiger partial charge in [-0.05, 0) is 62.2 Å². The predicted molar refractivity (Wildman–Crippen MR) is 99.9 cm³/mol. The number of nitriles is 1. The Morgan fingerprint density at radius 1 is 1.19 bits per heavy atom. The number of fused-ring (bicyclic) bond motifs is 3. The summed E-state index contributed by atoms with van der Waals surface area (Å²) < 4.78 is 0. The number of nitrogens with zero attached hydrogens (tertiary/aromatic N) is 3. The Balaban J connectivity index is 1.39. The van der Waals surface area contributed by atoms with Gasteiger partial charge in [-0.2, -0.15) is 5.26 Å². The minimum Gasteiger partial charge on any atom is -0.348 e. The summed E-state index contributed by atoms with van der Waals surface area (Å²) in [6, 6.07) is 11.8. The third-order valence-corrected chi connectivity index (χ3v) is 6.13. The lowest BCUT2D eigenvalue weighted by Gasteiger charge is -2.44. The molecule has 2 bridgehead atoms. The summed E-state index contributed by atoms with van der Waals surface area (Å²) >= 11 is 1.53.